The summed E-state index contributed by atoms with van der Waals surface area (Å²) in [6.07, 6.45) is 1.29. The summed E-state index contributed by atoms with van der Waals surface area (Å²) in [7, 11) is 2.70. The zero-order valence-corrected chi connectivity index (χ0v) is 13.9. The van der Waals surface area contributed by atoms with Gasteiger partial charge in [-0.1, -0.05) is 42.5 Å². The van der Waals surface area contributed by atoms with Gasteiger partial charge in [0.1, 0.15) is 0 Å². The van der Waals surface area contributed by atoms with Crippen LogP contribution in [0.3, 0.4) is 0 Å². The Morgan fingerprint density at radius 3 is 1.88 bits per heavy atom. The van der Waals surface area contributed by atoms with Crippen molar-refractivity contribution in [1.82, 2.24) is 9.80 Å². The first-order valence-electron chi connectivity index (χ1n) is 7.78. The van der Waals surface area contributed by atoms with E-state index in [-0.39, 0.29) is 0 Å². The topological polar surface area (TPSA) is 70.1 Å². The van der Waals surface area contributed by atoms with E-state index < -0.39 is 23.8 Å². The molecule has 0 bridgehead atoms. The van der Waals surface area contributed by atoms with Crippen LogP contribution in [0.1, 0.15) is 0 Å². The van der Waals surface area contributed by atoms with E-state index in [1.54, 1.807) is 0 Å². The van der Waals surface area contributed by atoms with E-state index in [0.29, 0.717) is 5.69 Å². The van der Waals surface area contributed by atoms with Crippen LogP contribution >= 0.6 is 0 Å². The minimum atomic E-state index is -1.08. The maximum atomic E-state index is 12.1. The van der Waals surface area contributed by atoms with Gasteiger partial charge in [-0.05, 0) is 23.3 Å². The monoisotopic (exact) mass is 335 g/mol. The molecule has 0 saturated carbocycles. The van der Waals surface area contributed by atoms with Crippen LogP contribution in [0.2, 0.25) is 0 Å². The average molecular weight is 335 g/mol. The second kappa shape index (κ2) is 6.68. The number of nitrogens with zero attached hydrogens (tertiary/aromatic N) is 3. The van der Waals surface area contributed by atoms with Crippen LogP contribution in [-0.4, -0.2) is 48.0 Å². The molecule has 0 N–H and O–H groups in total. The Hall–Kier alpha value is -3.28. The molecule has 1 fully saturated rings. The molecule has 0 radical (unpaired) electrons. The lowest BCUT2D eigenvalue weighted by Gasteiger charge is -2.31. The lowest BCUT2D eigenvalue weighted by molar-refractivity contribution is -0.144. The fraction of sp³-hybridized carbons (Fsp3) is 0.158. The molecule has 1 heterocycles. The van der Waals surface area contributed by atoms with Crippen LogP contribution < -0.4 is 0 Å². The highest BCUT2D eigenvalue weighted by Crippen LogP contribution is 2.23. The standard InChI is InChI=1S/C19H17N3O3/c1-21-17(23)16(18(24)22(2)19(21)25)12-20-15-10-8-14(9-11-15)13-6-4-3-5-7-13/h3-12,16H,1-2H3. The Kier molecular flexibility index (Phi) is 4.43. The van der Waals surface area contributed by atoms with Gasteiger partial charge in [0.25, 0.3) is 0 Å². The van der Waals surface area contributed by atoms with Crippen molar-refractivity contribution in [1.29, 1.82) is 0 Å². The van der Waals surface area contributed by atoms with Crippen molar-refractivity contribution in [2.75, 3.05) is 14.1 Å². The van der Waals surface area contributed by atoms with Gasteiger partial charge in [0, 0.05) is 20.3 Å². The highest BCUT2D eigenvalue weighted by atomic mass is 16.2. The summed E-state index contributed by atoms with van der Waals surface area (Å²) < 4.78 is 0. The lowest BCUT2D eigenvalue weighted by atomic mass is 10.1. The first kappa shape index (κ1) is 16.6. The molecule has 0 aromatic heterocycles. The third kappa shape index (κ3) is 3.19. The first-order chi connectivity index (χ1) is 12.0. The molecule has 2 aromatic rings. The van der Waals surface area contributed by atoms with E-state index in [1.165, 1.54) is 20.3 Å². The van der Waals surface area contributed by atoms with Gasteiger partial charge in [-0.15, -0.1) is 0 Å². The number of hydrogen-bond donors (Lipinski definition) is 0. The SMILES string of the molecule is CN1C(=O)C(C=Nc2ccc(-c3ccccc3)cc2)C(=O)N(C)C1=O. The maximum absolute atomic E-state index is 12.1. The van der Waals surface area contributed by atoms with E-state index >= 15 is 0 Å². The van der Waals surface area contributed by atoms with Gasteiger partial charge < -0.3 is 0 Å². The minimum absolute atomic E-state index is 0.572. The summed E-state index contributed by atoms with van der Waals surface area (Å²) in [5.74, 6) is -2.22. The number of hydrogen-bond acceptors (Lipinski definition) is 4. The van der Waals surface area contributed by atoms with Gasteiger partial charge in [-0.2, -0.15) is 0 Å². The van der Waals surface area contributed by atoms with Crippen molar-refractivity contribution >= 4 is 29.7 Å². The number of carbonyl (C=O) groups is 3. The van der Waals surface area contributed by atoms with E-state index in [0.717, 1.165) is 20.9 Å². The Morgan fingerprint density at radius 2 is 1.32 bits per heavy atom. The van der Waals surface area contributed by atoms with Crippen LogP contribution in [0.25, 0.3) is 11.1 Å². The number of imide groups is 2. The van der Waals surface area contributed by atoms with Crippen molar-refractivity contribution in [2.45, 2.75) is 0 Å². The molecule has 1 aliphatic rings. The fourth-order valence-corrected chi connectivity index (χ4v) is 2.60. The quantitative estimate of drug-likeness (QED) is 0.640. The molecule has 6 heteroatoms. The molecule has 3 rings (SSSR count). The summed E-state index contributed by atoms with van der Waals surface area (Å²) in [4.78, 5) is 42.0. The van der Waals surface area contributed by atoms with Gasteiger partial charge in [0.15, 0.2) is 5.92 Å². The average Bonchev–Trinajstić information content (AvgIpc) is 2.66. The molecule has 6 nitrogen and oxygen atoms in total. The molecule has 1 saturated heterocycles. The molecule has 2 aromatic carbocycles. The Morgan fingerprint density at radius 1 is 0.800 bits per heavy atom. The number of amides is 4. The fourth-order valence-electron chi connectivity index (χ4n) is 2.60. The number of barbiturate groups is 1. The molecule has 25 heavy (non-hydrogen) atoms. The smallest absolute Gasteiger partial charge is 0.273 e. The number of benzene rings is 2. The van der Waals surface area contributed by atoms with E-state index in [4.69, 9.17) is 0 Å². The summed E-state index contributed by atoms with van der Waals surface area (Å²) in [6.45, 7) is 0. The van der Waals surface area contributed by atoms with Crippen LogP contribution in [0.5, 0.6) is 0 Å². The summed E-state index contributed by atoms with van der Waals surface area (Å²) in [5, 5.41) is 0. The van der Waals surface area contributed by atoms with Gasteiger partial charge in [0.2, 0.25) is 11.8 Å². The highest BCUT2D eigenvalue weighted by molar-refractivity contribution is 6.23. The minimum Gasteiger partial charge on any atom is -0.273 e. The largest absolute Gasteiger partial charge is 0.332 e. The lowest BCUT2D eigenvalue weighted by Crippen LogP contribution is -2.57. The summed E-state index contributed by atoms with van der Waals surface area (Å²) in [5.41, 5.74) is 2.77. The molecule has 126 valence electrons. The van der Waals surface area contributed by atoms with Crippen molar-refractivity contribution in [3.05, 3.63) is 54.6 Å². The molecule has 4 amide bonds. The van der Waals surface area contributed by atoms with Gasteiger partial charge >= 0.3 is 6.03 Å². The molecule has 0 spiro atoms. The zero-order valence-electron chi connectivity index (χ0n) is 13.9. The molecule has 0 atom stereocenters. The van der Waals surface area contributed by atoms with Crippen LogP contribution in [0.4, 0.5) is 10.5 Å². The summed E-state index contributed by atoms with van der Waals surface area (Å²) in [6, 6.07) is 16.8. The van der Waals surface area contributed by atoms with E-state index in [9.17, 15) is 14.4 Å². The summed E-state index contributed by atoms with van der Waals surface area (Å²) >= 11 is 0. The third-order valence-corrected chi connectivity index (χ3v) is 4.11. The van der Waals surface area contributed by atoms with Gasteiger partial charge in [-0.3, -0.25) is 24.4 Å². The van der Waals surface area contributed by atoms with Crippen molar-refractivity contribution in [2.24, 2.45) is 10.9 Å². The van der Waals surface area contributed by atoms with E-state index in [1.807, 2.05) is 54.6 Å². The van der Waals surface area contributed by atoms with Crippen LogP contribution in [0.15, 0.2) is 59.6 Å². The first-order valence-corrected chi connectivity index (χ1v) is 7.78. The molecule has 1 aliphatic heterocycles. The molecule has 0 aliphatic carbocycles. The van der Waals surface area contributed by atoms with Crippen molar-refractivity contribution in [3.8, 4) is 11.1 Å². The molecular weight excluding hydrogens is 318 g/mol. The van der Waals surface area contributed by atoms with Crippen molar-refractivity contribution in [3.63, 3.8) is 0 Å². The Balaban J connectivity index is 1.79. The number of urea groups is 1. The zero-order chi connectivity index (χ0) is 18.0. The highest BCUT2D eigenvalue weighted by Gasteiger charge is 2.41. The molecular formula is C19H17N3O3. The van der Waals surface area contributed by atoms with Gasteiger partial charge in [0.05, 0.1) is 5.69 Å². The Bertz CT molecular complexity index is 820. The van der Waals surface area contributed by atoms with E-state index in [2.05, 4.69) is 4.99 Å². The number of rotatable bonds is 3. The van der Waals surface area contributed by atoms with Gasteiger partial charge in [-0.25, -0.2) is 4.79 Å². The second-order valence-corrected chi connectivity index (χ2v) is 5.75. The third-order valence-electron chi connectivity index (χ3n) is 4.11. The van der Waals surface area contributed by atoms with Crippen LogP contribution in [0, 0.1) is 5.92 Å². The predicted octanol–water partition coefficient (Wildman–Crippen LogP) is 2.72. The Labute approximate surface area is 145 Å². The molecule has 0 unspecified atom stereocenters. The number of carbonyl (C=O) groups excluding carboxylic acids is 3. The maximum Gasteiger partial charge on any atom is 0.332 e. The van der Waals surface area contributed by atoms with Crippen molar-refractivity contribution < 1.29 is 14.4 Å². The number of aliphatic imine (C=N–C) groups is 1. The second-order valence-electron chi connectivity index (χ2n) is 5.75. The predicted molar refractivity (Wildman–Crippen MR) is 94.5 cm³/mol. The normalized spacial score (nSPS) is 16.2. The van der Waals surface area contributed by atoms with Crippen LogP contribution in [-0.2, 0) is 9.59 Å².